The van der Waals surface area contributed by atoms with Gasteiger partial charge >= 0.3 is 11.9 Å². The van der Waals surface area contributed by atoms with Gasteiger partial charge in [-0.3, -0.25) is 4.79 Å². The third-order valence-corrected chi connectivity index (χ3v) is 7.52. The molecule has 0 saturated heterocycles. The molecule has 0 radical (unpaired) electrons. The van der Waals surface area contributed by atoms with E-state index in [-0.39, 0.29) is 41.8 Å². The van der Waals surface area contributed by atoms with Crippen molar-refractivity contribution in [2.24, 2.45) is 22.7 Å². The molecule has 30 heavy (non-hydrogen) atoms. The first kappa shape index (κ1) is 22.8. The zero-order valence-corrected chi connectivity index (χ0v) is 19.2. The standard InChI is InChI=1S/C23H35NO6/c1-12(2)19(24-13(3)25)21(27)30-17-8-9-22(4,5)16-10-15(28-7)18-14(23(16,17)6)11-29-20(18)26/h12,15-17,19H,8-11H2,1-7H3,(H,24,25). The highest BCUT2D eigenvalue weighted by molar-refractivity contribution is 5.93. The minimum Gasteiger partial charge on any atom is -0.460 e. The number of cyclic esters (lactones) is 1. The fourth-order valence-electron chi connectivity index (χ4n) is 5.83. The van der Waals surface area contributed by atoms with Crippen molar-refractivity contribution >= 4 is 17.8 Å². The molecule has 1 amide bonds. The number of hydrogen-bond acceptors (Lipinski definition) is 6. The molecule has 7 heteroatoms. The van der Waals surface area contributed by atoms with Crippen LogP contribution >= 0.6 is 0 Å². The number of methoxy groups -OCH3 is 1. The number of carbonyl (C=O) groups is 3. The van der Waals surface area contributed by atoms with Gasteiger partial charge in [-0.15, -0.1) is 0 Å². The van der Waals surface area contributed by atoms with Crippen LogP contribution in [0.25, 0.3) is 0 Å². The Labute approximate surface area is 178 Å². The first-order valence-electron chi connectivity index (χ1n) is 10.8. The van der Waals surface area contributed by atoms with Crippen molar-refractivity contribution in [2.75, 3.05) is 13.7 Å². The maximum Gasteiger partial charge on any atom is 0.337 e. The van der Waals surface area contributed by atoms with Crippen molar-refractivity contribution in [1.29, 1.82) is 0 Å². The molecule has 5 unspecified atom stereocenters. The molecular weight excluding hydrogens is 386 g/mol. The topological polar surface area (TPSA) is 90.9 Å². The predicted molar refractivity (Wildman–Crippen MR) is 110 cm³/mol. The van der Waals surface area contributed by atoms with Gasteiger partial charge in [0.05, 0.1) is 11.7 Å². The second-order valence-corrected chi connectivity index (χ2v) is 10.1. The number of rotatable bonds is 5. The fraction of sp³-hybridized carbons (Fsp3) is 0.783. The lowest BCUT2D eigenvalue weighted by atomic mass is 9.49. The average Bonchev–Trinajstić information content (AvgIpc) is 3.05. The van der Waals surface area contributed by atoms with Gasteiger partial charge in [0.2, 0.25) is 5.91 Å². The molecule has 1 fully saturated rings. The number of ether oxygens (including phenoxy) is 3. The lowest BCUT2D eigenvalue weighted by Gasteiger charge is -2.57. The van der Waals surface area contributed by atoms with E-state index in [1.807, 2.05) is 13.8 Å². The maximum atomic E-state index is 13.1. The molecule has 3 aliphatic rings. The van der Waals surface area contributed by atoms with Gasteiger partial charge in [-0.2, -0.15) is 0 Å². The second-order valence-electron chi connectivity index (χ2n) is 10.1. The summed E-state index contributed by atoms with van der Waals surface area (Å²) in [5, 5.41) is 2.71. The van der Waals surface area contributed by atoms with Gasteiger partial charge in [-0.05, 0) is 42.1 Å². The highest BCUT2D eigenvalue weighted by Gasteiger charge is 2.61. The zero-order chi connectivity index (χ0) is 22.4. The molecule has 0 aromatic heterocycles. The molecule has 3 rings (SSSR count). The van der Waals surface area contributed by atoms with Crippen molar-refractivity contribution in [1.82, 2.24) is 5.32 Å². The first-order chi connectivity index (χ1) is 13.9. The summed E-state index contributed by atoms with van der Waals surface area (Å²) in [4.78, 5) is 37.1. The number of fused-ring (bicyclic) bond motifs is 2. The van der Waals surface area contributed by atoms with E-state index in [1.165, 1.54) is 6.92 Å². The molecule has 7 nitrogen and oxygen atoms in total. The summed E-state index contributed by atoms with van der Waals surface area (Å²) < 4.78 is 17.2. The summed E-state index contributed by atoms with van der Waals surface area (Å²) in [7, 11) is 1.62. The number of nitrogens with one attached hydrogen (secondary N) is 1. The summed E-state index contributed by atoms with van der Waals surface area (Å²) in [5.74, 6) is -0.956. The van der Waals surface area contributed by atoms with Gasteiger partial charge in [0.25, 0.3) is 0 Å². The largest absolute Gasteiger partial charge is 0.460 e. The molecule has 1 saturated carbocycles. The lowest BCUT2D eigenvalue weighted by molar-refractivity contribution is -0.174. The monoisotopic (exact) mass is 421 g/mol. The van der Waals surface area contributed by atoms with Crippen LogP contribution in [0.4, 0.5) is 0 Å². The van der Waals surface area contributed by atoms with Crippen LogP contribution in [0.5, 0.6) is 0 Å². The van der Waals surface area contributed by atoms with E-state index < -0.39 is 23.5 Å². The zero-order valence-electron chi connectivity index (χ0n) is 19.2. The predicted octanol–water partition coefficient (Wildman–Crippen LogP) is 2.77. The highest BCUT2D eigenvalue weighted by atomic mass is 16.6. The smallest absolute Gasteiger partial charge is 0.337 e. The van der Waals surface area contributed by atoms with Crippen LogP contribution in [0.15, 0.2) is 11.1 Å². The molecule has 0 spiro atoms. The number of carbonyl (C=O) groups excluding carboxylic acids is 3. The molecule has 0 aromatic carbocycles. The molecule has 1 heterocycles. The van der Waals surface area contributed by atoms with E-state index in [4.69, 9.17) is 14.2 Å². The van der Waals surface area contributed by atoms with Gasteiger partial charge < -0.3 is 19.5 Å². The van der Waals surface area contributed by atoms with Crippen molar-refractivity contribution in [2.45, 2.75) is 79.1 Å². The van der Waals surface area contributed by atoms with Gasteiger partial charge in [0.15, 0.2) is 0 Å². The Balaban J connectivity index is 1.99. The molecule has 0 bridgehead atoms. The molecule has 2 aliphatic carbocycles. The molecule has 5 atom stereocenters. The average molecular weight is 422 g/mol. The van der Waals surface area contributed by atoms with Crippen LogP contribution in [-0.2, 0) is 28.6 Å². The van der Waals surface area contributed by atoms with Crippen LogP contribution in [-0.4, -0.2) is 49.8 Å². The first-order valence-corrected chi connectivity index (χ1v) is 10.8. The van der Waals surface area contributed by atoms with Crippen molar-refractivity contribution in [3.63, 3.8) is 0 Å². The number of amides is 1. The quantitative estimate of drug-likeness (QED) is 0.687. The Bertz CT molecular complexity index is 770. The van der Waals surface area contributed by atoms with Crippen LogP contribution in [0.2, 0.25) is 0 Å². The number of esters is 2. The minimum atomic E-state index is -0.704. The van der Waals surface area contributed by atoms with E-state index in [0.717, 1.165) is 12.0 Å². The summed E-state index contributed by atoms with van der Waals surface area (Å²) in [6.45, 7) is 11.9. The summed E-state index contributed by atoms with van der Waals surface area (Å²) >= 11 is 0. The molecule has 1 N–H and O–H groups in total. The Morgan fingerprint density at radius 2 is 1.90 bits per heavy atom. The third kappa shape index (κ3) is 3.66. The van der Waals surface area contributed by atoms with E-state index in [2.05, 4.69) is 26.1 Å². The fourth-order valence-corrected chi connectivity index (χ4v) is 5.83. The summed E-state index contributed by atoms with van der Waals surface area (Å²) in [5.41, 5.74) is 0.971. The van der Waals surface area contributed by atoms with E-state index in [9.17, 15) is 14.4 Å². The van der Waals surface area contributed by atoms with Crippen LogP contribution in [0.3, 0.4) is 0 Å². The SMILES string of the molecule is COC1CC2C(C)(C)CCC(OC(=O)C(NC(C)=O)C(C)C)C2(C)C2=C1C(=O)OC2. The van der Waals surface area contributed by atoms with Crippen molar-refractivity contribution < 1.29 is 28.6 Å². The van der Waals surface area contributed by atoms with Gasteiger partial charge in [0.1, 0.15) is 18.8 Å². The minimum absolute atomic E-state index is 0.00626. The van der Waals surface area contributed by atoms with Crippen molar-refractivity contribution in [3.05, 3.63) is 11.1 Å². The van der Waals surface area contributed by atoms with Crippen LogP contribution < -0.4 is 5.32 Å². The Kier molecular flexibility index (Phi) is 6.07. The third-order valence-electron chi connectivity index (χ3n) is 7.52. The molecular formula is C23H35NO6. The Morgan fingerprint density at radius 1 is 1.23 bits per heavy atom. The normalized spacial score (nSPS) is 33.5. The molecule has 1 aliphatic heterocycles. The van der Waals surface area contributed by atoms with Gasteiger partial charge in [-0.1, -0.05) is 34.6 Å². The van der Waals surface area contributed by atoms with Crippen LogP contribution in [0, 0.1) is 22.7 Å². The number of hydrogen-bond donors (Lipinski definition) is 1. The summed E-state index contributed by atoms with van der Waals surface area (Å²) in [6.07, 6.45) is 1.58. The summed E-state index contributed by atoms with van der Waals surface area (Å²) in [6, 6.07) is -0.704. The highest BCUT2D eigenvalue weighted by Crippen LogP contribution is 2.61. The van der Waals surface area contributed by atoms with E-state index in [1.54, 1.807) is 7.11 Å². The van der Waals surface area contributed by atoms with E-state index >= 15 is 0 Å². The molecule has 168 valence electrons. The Morgan fingerprint density at radius 3 is 2.47 bits per heavy atom. The Hall–Kier alpha value is -1.89. The van der Waals surface area contributed by atoms with Gasteiger partial charge in [-0.25, -0.2) is 9.59 Å². The van der Waals surface area contributed by atoms with Crippen molar-refractivity contribution in [3.8, 4) is 0 Å². The second kappa shape index (κ2) is 7.98. The van der Waals surface area contributed by atoms with Gasteiger partial charge in [0, 0.05) is 19.4 Å². The van der Waals surface area contributed by atoms with Crippen LogP contribution in [0.1, 0.15) is 60.8 Å². The maximum absolute atomic E-state index is 13.1. The lowest BCUT2D eigenvalue weighted by Crippen LogP contribution is -2.58. The molecule has 0 aromatic rings. The van der Waals surface area contributed by atoms with E-state index in [0.29, 0.717) is 18.4 Å².